The lowest BCUT2D eigenvalue weighted by Crippen LogP contribution is -2.43. The van der Waals surface area contributed by atoms with E-state index in [4.69, 9.17) is 4.74 Å². The van der Waals surface area contributed by atoms with E-state index < -0.39 is 12.3 Å². The van der Waals surface area contributed by atoms with Gasteiger partial charge in [0.05, 0.1) is 6.10 Å². The number of hydrogen-bond donors (Lipinski definition) is 0. The summed E-state index contributed by atoms with van der Waals surface area (Å²) < 4.78 is 33.9. The van der Waals surface area contributed by atoms with Gasteiger partial charge in [-0.25, -0.2) is 8.78 Å². The fourth-order valence-electron chi connectivity index (χ4n) is 4.16. The first-order valence-corrected chi connectivity index (χ1v) is 8.04. The van der Waals surface area contributed by atoms with Gasteiger partial charge in [0.1, 0.15) is 12.3 Å². The van der Waals surface area contributed by atoms with Crippen molar-refractivity contribution < 1.29 is 13.5 Å². The van der Waals surface area contributed by atoms with E-state index in [1.54, 1.807) is 18.9 Å². The van der Waals surface area contributed by atoms with Crippen molar-refractivity contribution in [2.75, 3.05) is 7.11 Å². The molecule has 0 radical (unpaired) electrons. The molecule has 8 atom stereocenters. The van der Waals surface area contributed by atoms with Crippen molar-refractivity contribution in [2.24, 2.45) is 17.8 Å². The van der Waals surface area contributed by atoms with E-state index in [9.17, 15) is 8.78 Å². The lowest BCUT2D eigenvalue weighted by molar-refractivity contribution is -0.0145. The van der Waals surface area contributed by atoms with Crippen molar-refractivity contribution >= 4 is 11.8 Å². The molecule has 2 aliphatic carbocycles. The molecule has 0 aromatic rings. The summed E-state index contributed by atoms with van der Waals surface area (Å²) in [5.74, 6) is 0.935. The van der Waals surface area contributed by atoms with E-state index in [1.807, 2.05) is 6.92 Å². The second kappa shape index (κ2) is 4.93. The average Bonchev–Trinajstić information content (AvgIpc) is 2.75. The molecule has 3 fully saturated rings. The molecule has 0 N–H and O–H groups in total. The van der Waals surface area contributed by atoms with Crippen LogP contribution in [0.15, 0.2) is 0 Å². The van der Waals surface area contributed by atoms with Gasteiger partial charge in [-0.2, -0.15) is 0 Å². The van der Waals surface area contributed by atoms with Crippen molar-refractivity contribution in [3.8, 4) is 0 Å². The monoisotopic (exact) mass is 276 g/mol. The van der Waals surface area contributed by atoms with Crippen LogP contribution in [-0.2, 0) is 4.74 Å². The van der Waals surface area contributed by atoms with Crippen LogP contribution in [0.1, 0.15) is 32.6 Å². The molecule has 0 aromatic carbocycles. The Labute approximate surface area is 112 Å². The highest BCUT2D eigenvalue weighted by atomic mass is 32.2. The largest absolute Gasteiger partial charge is 0.378 e. The van der Waals surface area contributed by atoms with Crippen molar-refractivity contribution in [3.63, 3.8) is 0 Å². The molecule has 3 rings (SSSR count). The van der Waals surface area contributed by atoms with Gasteiger partial charge >= 0.3 is 0 Å². The summed E-state index contributed by atoms with van der Waals surface area (Å²) >= 11 is 1.59. The SMILES string of the molecule is COC1CCC2C3CCC(C)C(F)C3SC2C1F. The highest BCUT2D eigenvalue weighted by molar-refractivity contribution is 8.00. The zero-order valence-corrected chi connectivity index (χ0v) is 11.8. The van der Waals surface area contributed by atoms with E-state index in [1.165, 1.54) is 0 Å². The number of thioether (sulfide) groups is 1. The summed E-state index contributed by atoms with van der Waals surface area (Å²) in [4.78, 5) is 0. The highest BCUT2D eigenvalue weighted by Gasteiger charge is 2.55. The molecule has 1 aliphatic heterocycles. The number of methoxy groups -OCH3 is 1. The Kier molecular flexibility index (Phi) is 3.61. The number of alkyl halides is 2. The Morgan fingerprint density at radius 3 is 2.22 bits per heavy atom. The van der Waals surface area contributed by atoms with E-state index in [-0.39, 0.29) is 22.5 Å². The van der Waals surface area contributed by atoms with Gasteiger partial charge in [-0.15, -0.1) is 11.8 Å². The average molecular weight is 276 g/mol. The Morgan fingerprint density at radius 2 is 1.56 bits per heavy atom. The van der Waals surface area contributed by atoms with Crippen LogP contribution < -0.4 is 0 Å². The van der Waals surface area contributed by atoms with E-state index in [2.05, 4.69) is 0 Å². The van der Waals surface area contributed by atoms with Gasteiger partial charge in [-0.1, -0.05) is 6.92 Å². The molecular formula is C14H22F2OS. The Bertz CT molecular complexity index is 314. The minimum absolute atomic E-state index is 0.0257. The Hall–Kier alpha value is 0.170. The third-order valence-corrected chi connectivity index (χ3v) is 7.12. The third kappa shape index (κ3) is 1.91. The molecule has 18 heavy (non-hydrogen) atoms. The maximum Gasteiger partial charge on any atom is 0.138 e. The molecule has 1 saturated heterocycles. The summed E-state index contributed by atoms with van der Waals surface area (Å²) in [6, 6.07) is 0. The van der Waals surface area contributed by atoms with Crippen LogP contribution in [0, 0.1) is 17.8 Å². The lowest BCUT2D eigenvalue weighted by atomic mass is 9.70. The third-order valence-electron chi connectivity index (χ3n) is 5.28. The Morgan fingerprint density at radius 1 is 0.944 bits per heavy atom. The molecule has 0 spiro atoms. The maximum absolute atomic E-state index is 14.4. The quantitative estimate of drug-likeness (QED) is 0.723. The summed E-state index contributed by atoms with van der Waals surface area (Å²) in [6.45, 7) is 1.99. The first-order chi connectivity index (χ1) is 8.63. The number of hydrogen-bond acceptors (Lipinski definition) is 2. The lowest BCUT2D eigenvalue weighted by Gasteiger charge is -2.38. The van der Waals surface area contributed by atoms with Crippen molar-refractivity contribution in [3.05, 3.63) is 0 Å². The molecule has 3 aliphatic rings. The fraction of sp³-hybridized carbons (Fsp3) is 1.00. The standard InChI is InChI=1S/C14H22F2OS/c1-7-3-4-8-9-5-6-10(17-2)12(16)14(9)18-13(8)11(7)15/h7-14H,3-6H2,1-2H3. The summed E-state index contributed by atoms with van der Waals surface area (Å²) in [5, 5.41) is 0.0138. The van der Waals surface area contributed by atoms with Crippen LogP contribution >= 0.6 is 11.8 Å². The van der Waals surface area contributed by atoms with Gasteiger partial charge in [0.15, 0.2) is 0 Å². The normalized spacial score (nSPS) is 56.0. The van der Waals surface area contributed by atoms with Gasteiger partial charge in [0.2, 0.25) is 0 Å². The first-order valence-electron chi connectivity index (χ1n) is 7.10. The van der Waals surface area contributed by atoms with Crippen molar-refractivity contribution in [1.29, 1.82) is 0 Å². The Balaban J connectivity index is 1.78. The topological polar surface area (TPSA) is 9.23 Å². The zero-order valence-electron chi connectivity index (χ0n) is 11.0. The second-order valence-electron chi connectivity index (χ2n) is 6.19. The molecule has 2 saturated carbocycles. The van der Waals surface area contributed by atoms with Crippen molar-refractivity contribution in [2.45, 2.75) is 61.6 Å². The minimum Gasteiger partial charge on any atom is -0.378 e. The van der Waals surface area contributed by atoms with Crippen LogP contribution in [-0.4, -0.2) is 36.1 Å². The van der Waals surface area contributed by atoms with Crippen LogP contribution in [0.2, 0.25) is 0 Å². The minimum atomic E-state index is -0.910. The number of fused-ring (bicyclic) bond motifs is 3. The zero-order chi connectivity index (χ0) is 12.9. The molecule has 8 unspecified atom stereocenters. The first kappa shape index (κ1) is 13.2. The predicted molar refractivity (Wildman–Crippen MR) is 70.4 cm³/mol. The van der Waals surface area contributed by atoms with Crippen LogP contribution in [0.3, 0.4) is 0 Å². The van der Waals surface area contributed by atoms with Gasteiger partial charge in [-0.05, 0) is 43.4 Å². The number of rotatable bonds is 1. The molecule has 0 amide bonds. The molecule has 104 valence electrons. The summed E-state index contributed by atoms with van der Waals surface area (Å²) in [5.41, 5.74) is 0. The van der Waals surface area contributed by atoms with Crippen molar-refractivity contribution in [1.82, 2.24) is 0 Å². The number of ether oxygens (including phenoxy) is 1. The fourth-order valence-corrected chi connectivity index (χ4v) is 6.35. The molecule has 1 nitrogen and oxygen atoms in total. The number of halogens is 2. The van der Waals surface area contributed by atoms with E-state index >= 15 is 0 Å². The van der Waals surface area contributed by atoms with E-state index in [0.29, 0.717) is 11.8 Å². The molecule has 4 heteroatoms. The highest BCUT2D eigenvalue weighted by Crippen LogP contribution is 2.56. The van der Waals surface area contributed by atoms with Crippen LogP contribution in [0.4, 0.5) is 8.78 Å². The molecule has 0 bridgehead atoms. The molecular weight excluding hydrogens is 254 g/mol. The second-order valence-corrected chi connectivity index (χ2v) is 7.55. The van der Waals surface area contributed by atoms with Crippen LogP contribution in [0.25, 0.3) is 0 Å². The molecule has 0 aromatic heterocycles. The predicted octanol–water partition coefficient (Wildman–Crippen LogP) is 3.62. The summed E-state index contributed by atoms with van der Waals surface area (Å²) in [6.07, 6.45) is 1.95. The maximum atomic E-state index is 14.4. The molecule has 1 heterocycles. The smallest absolute Gasteiger partial charge is 0.138 e. The van der Waals surface area contributed by atoms with Gasteiger partial charge in [-0.3, -0.25) is 0 Å². The van der Waals surface area contributed by atoms with E-state index in [0.717, 1.165) is 25.7 Å². The van der Waals surface area contributed by atoms with Gasteiger partial charge in [0.25, 0.3) is 0 Å². The summed E-state index contributed by atoms with van der Waals surface area (Å²) in [7, 11) is 1.59. The van der Waals surface area contributed by atoms with Crippen LogP contribution in [0.5, 0.6) is 0 Å². The van der Waals surface area contributed by atoms with Gasteiger partial charge in [0, 0.05) is 17.6 Å². The van der Waals surface area contributed by atoms with Gasteiger partial charge < -0.3 is 4.74 Å².